The van der Waals surface area contributed by atoms with E-state index in [2.05, 4.69) is 31.8 Å². The van der Waals surface area contributed by atoms with Gasteiger partial charge in [-0.1, -0.05) is 19.9 Å². The van der Waals surface area contributed by atoms with Crippen molar-refractivity contribution in [1.82, 2.24) is 0 Å². The highest BCUT2D eigenvalue weighted by Gasteiger charge is 2.12. The summed E-state index contributed by atoms with van der Waals surface area (Å²) in [6.07, 6.45) is 4.44. The van der Waals surface area contributed by atoms with Gasteiger partial charge >= 0.3 is 0 Å². The van der Waals surface area contributed by atoms with E-state index < -0.39 is 0 Å². The minimum absolute atomic E-state index is 0.637. The van der Waals surface area contributed by atoms with Gasteiger partial charge in [0.1, 0.15) is 0 Å². The van der Waals surface area contributed by atoms with Gasteiger partial charge in [-0.05, 0) is 25.7 Å². The lowest BCUT2D eigenvalue weighted by molar-refractivity contribution is 0.862. The number of hydrogen-bond donors (Lipinski definition) is 0. The van der Waals surface area contributed by atoms with E-state index in [1.54, 1.807) is 0 Å². The van der Waals surface area contributed by atoms with Crippen LogP contribution in [0.3, 0.4) is 0 Å². The maximum Gasteiger partial charge on any atom is 0.0364 e. The number of rotatable bonds is 1. The average Bonchev–Trinajstić information content (AvgIpc) is 2.34. The van der Waals surface area contributed by atoms with Crippen LogP contribution in [0.2, 0.25) is 0 Å². The Morgan fingerprint density at radius 2 is 2.10 bits per heavy atom. The molecule has 0 N–H and O–H groups in total. The molecular formula is C9H15N. The topological polar surface area (TPSA) is 12.4 Å². The lowest BCUT2D eigenvalue weighted by Crippen LogP contribution is -2.01. The number of aliphatic imine (C=N–C) groups is 1. The van der Waals surface area contributed by atoms with E-state index >= 15 is 0 Å². The zero-order valence-electron chi connectivity index (χ0n) is 7.02. The van der Waals surface area contributed by atoms with Crippen LogP contribution in [0.15, 0.2) is 16.8 Å². The molecule has 1 heteroatoms. The van der Waals surface area contributed by atoms with Crippen molar-refractivity contribution in [3.05, 3.63) is 11.8 Å². The second-order valence-electron chi connectivity index (χ2n) is 3.04. The van der Waals surface area contributed by atoms with Gasteiger partial charge in [0.15, 0.2) is 0 Å². The Hall–Kier alpha value is -0.590. The number of hydrogen-bond acceptors (Lipinski definition) is 1. The summed E-state index contributed by atoms with van der Waals surface area (Å²) < 4.78 is 0. The molecular weight excluding hydrogens is 122 g/mol. The maximum atomic E-state index is 4.48. The van der Waals surface area contributed by atoms with E-state index in [0.29, 0.717) is 5.92 Å². The summed E-state index contributed by atoms with van der Waals surface area (Å²) in [6, 6.07) is 0. The zero-order chi connectivity index (χ0) is 7.56. The molecule has 0 unspecified atom stereocenters. The van der Waals surface area contributed by atoms with Crippen molar-refractivity contribution in [1.29, 1.82) is 0 Å². The molecule has 0 saturated heterocycles. The molecule has 0 aromatic rings. The van der Waals surface area contributed by atoms with Crippen LogP contribution >= 0.6 is 0 Å². The lowest BCUT2D eigenvalue weighted by Gasteiger charge is -2.00. The Morgan fingerprint density at radius 1 is 1.40 bits per heavy atom. The molecule has 0 aromatic carbocycles. The molecule has 1 rings (SSSR count). The SMILES string of the molecule is C/C=C1/CCC(C(C)C)=N1. The summed E-state index contributed by atoms with van der Waals surface area (Å²) in [4.78, 5) is 4.48. The molecule has 0 saturated carbocycles. The molecule has 0 aliphatic carbocycles. The quantitative estimate of drug-likeness (QED) is 0.527. The van der Waals surface area contributed by atoms with E-state index in [9.17, 15) is 0 Å². The minimum Gasteiger partial charge on any atom is -0.262 e. The number of allylic oxidation sites excluding steroid dienone is 2. The van der Waals surface area contributed by atoms with Gasteiger partial charge in [0.2, 0.25) is 0 Å². The third-order valence-electron chi connectivity index (χ3n) is 1.92. The molecule has 1 aliphatic heterocycles. The van der Waals surface area contributed by atoms with E-state index in [4.69, 9.17) is 0 Å². The Balaban J connectivity index is 2.66. The molecule has 0 fully saturated rings. The van der Waals surface area contributed by atoms with Crippen molar-refractivity contribution >= 4 is 5.71 Å². The number of nitrogens with zero attached hydrogens (tertiary/aromatic N) is 1. The van der Waals surface area contributed by atoms with Gasteiger partial charge in [0.05, 0.1) is 0 Å². The molecule has 1 heterocycles. The van der Waals surface area contributed by atoms with E-state index in [0.717, 1.165) is 6.42 Å². The fourth-order valence-electron chi connectivity index (χ4n) is 1.18. The highest BCUT2D eigenvalue weighted by Crippen LogP contribution is 2.20. The normalized spacial score (nSPS) is 22.4. The third-order valence-corrected chi connectivity index (χ3v) is 1.92. The molecule has 0 spiro atoms. The summed E-state index contributed by atoms with van der Waals surface area (Å²) in [6.45, 7) is 6.47. The molecule has 0 bridgehead atoms. The highest BCUT2D eigenvalue weighted by atomic mass is 14.8. The Labute approximate surface area is 62.9 Å². The molecule has 10 heavy (non-hydrogen) atoms. The molecule has 56 valence electrons. The van der Waals surface area contributed by atoms with Crippen LogP contribution in [-0.4, -0.2) is 5.71 Å². The van der Waals surface area contributed by atoms with E-state index in [1.807, 2.05) is 0 Å². The monoisotopic (exact) mass is 137 g/mol. The van der Waals surface area contributed by atoms with Crippen molar-refractivity contribution in [2.75, 3.05) is 0 Å². The van der Waals surface area contributed by atoms with Crippen molar-refractivity contribution in [3.63, 3.8) is 0 Å². The van der Waals surface area contributed by atoms with Crippen molar-refractivity contribution in [2.45, 2.75) is 33.6 Å². The van der Waals surface area contributed by atoms with Crippen LogP contribution in [-0.2, 0) is 0 Å². The second-order valence-corrected chi connectivity index (χ2v) is 3.04. The van der Waals surface area contributed by atoms with Gasteiger partial charge in [-0.25, -0.2) is 0 Å². The summed E-state index contributed by atoms with van der Waals surface area (Å²) in [5.41, 5.74) is 2.64. The first-order valence-electron chi connectivity index (χ1n) is 3.96. The second kappa shape index (κ2) is 3.00. The van der Waals surface area contributed by atoms with Crippen molar-refractivity contribution < 1.29 is 0 Å². The molecule has 1 aliphatic rings. The third kappa shape index (κ3) is 1.47. The van der Waals surface area contributed by atoms with E-state index in [1.165, 1.54) is 17.8 Å². The average molecular weight is 137 g/mol. The largest absolute Gasteiger partial charge is 0.262 e. The van der Waals surface area contributed by atoms with Gasteiger partial charge in [-0.2, -0.15) is 0 Å². The summed E-state index contributed by atoms with van der Waals surface area (Å²) in [7, 11) is 0. The standard InChI is InChI=1S/C9H15N/c1-4-8-5-6-9(10-8)7(2)3/h4,7H,5-6H2,1-3H3/b8-4-. The summed E-state index contributed by atoms with van der Waals surface area (Å²) >= 11 is 0. The lowest BCUT2D eigenvalue weighted by atomic mass is 10.1. The molecule has 1 nitrogen and oxygen atoms in total. The van der Waals surface area contributed by atoms with E-state index in [-0.39, 0.29) is 0 Å². The van der Waals surface area contributed by atoms with Crippen LogP contribution in [0.5, 0.6) is 0 Å². The first kappa shape index (κ1) is 7.52. The van der Waals surface area contributed by atoms with Crippen LogP contribution in [0, 0.1) is 5.92 Å². The molecule has 0 amide bonds. The first-order chi connectivity index (χ1) is 4.74. The van der Waals surface area contributed by atoms with Gasteiger partial charge in [-0.3, -0.25) is 4.99 Å². The van der Waals surface area contributed by atoms with Crippen LogP contribution in [0.4, 0.5) is 0 Å². The summed E-state index contributed by atoms with van der Waals surface area (Å²) in [5, 5.41) is 0. The fraction of sp³-hybridized carbons (Fsp3) is 0.667. The minimum atomic E-state index is 0.637. The van der Waals surface area contributed by atoms with Crippen LogP contribution in [0.1, 0.15) is 33.6 Å². The van der Waals surface area contributed by atoms with Gasteiger partial charge in [-0.15, -0.1) is 0 Å². The Bertz CT molecular complexity index is 175. The molecule has 0 aromatic heterocycles. The maximum absolute atomic E-state index is 4.48. The molecule has 0 atom stereocenters. The summed E-state index contributed by atoms with van der Waals surface area (Å²) in [5.74, 6) is 0.637. The highest BCUT2D eigenvalue weighted by molar-refractivity contribution is 5.89. The van der Waals surface area contributed by atoms with Gasteiger partial charge in [0.25, 0.3) is 0 Å². The fourth-order valence-corrected chi connectivity index (χ4v) is 1.18. The van der Waals surface area contributed by atoms with Gasteiger partial charge < -0.3 is 0 Å². The predicted octanol–water partition coefficient (Wildman–Crippen LogP) is 2.78. The van der Waals surface area contributed by atoms with Crippen LogP contribution in [0.25, 0.3) is 0 Å². The Morgan fingerprint density at radius 3 is 2.40 bits per heavy atom. The first-order valence-corrected chi connectivity index (χ1v) is 3.96. The van der Waals surface area contributed by atoms with Crippen molar-refractivity contribution in [3.8, 4) is 0 Å². The van der Waals surface area contributed by atoms with Crippen molar-refractivity contribution in [2.24, 2.45) is 10.9 Å². The zero-order valence-corrected chi connectivity index (χ0v) is 7.02. The smallest absolute Gasteiger partial charge is 0.0364 e. The molecule has 0 radical (unpaired) electrons. The Kier molecular flexibility index (Phi) is 2.25. The van der Waals surface area contributed by atoms with Crippen LogP contribution < -0.4 is 0 Å². The predicted molar refractivity (Wildman–Crippen MR) is 45.3 cm³/mol. The van der Waals surface area contributed by atoms with Gasteiger partial charge in [0, 0.05) is 11.4 Å².